The van der Waals surface area contributed by atoms with Crippen molar-refractivity contribution < 1.29 is 4.79 Å². The smallest absolute Gasteiger partial charge is 0.263 e. The average molecular weight is 287 g/mol. The van der Waals surface area contributed by atoms with Gasteiger partial charge in [-0.3, -0.25) is 9.48 Å². The fourth-order valence-corrected chi connectivity index (χ4v) is 2.90. The molecule has 0 fully saturated rings. The van der Waals surface area contributed by atoms with Crippen molar-refractivity contribution in [2.24, 2.45) is 0 Å². The van der Waals surface area contributed by atoms with E-state index in [-0.39, 0.29) is 5.91 Å². The quantitative estimate of drug-likeness (QED) is 0.761. The van der Waals surface area contributed by atoms with Gasteiger partial charge in [-0.15, -0.1) is 11.3 Å². The van der Waals surface area contributed by atoms with Crippen LogP contribution in [0.4, 0.5) is 5.69 Å². The highest BCUT2D eigenvalue weighted by Crippen LogP contribution is 2.31. The Hall–Kier alpha value is -2.41. The zero-order chi connectivity index (χ0) is 13.9. The molecule has 0 atom stereocenters. The number of nitrogens with two attached hydrogens (primary N) is 1. The van der Waals surface area contributed by atoms with E-state index < -0.39 is 0 Å². The van der Waals surface area contributed by atoms with Gasteiger partial charge in [-0.2, -0.15) is 5.10 Å². The van der Waals surface area contributed by atoms with Crippen molar-refractivity contribution in [3.8, 4) is 0 Å². The third-order valence-electron chi connectivity index (χ3n) is 2.90. The van der Waals surface area contributed by atoms with Crippen LogP contribution < -0.4 is 11.1 Å². The number of rotatable bonds is 4. The van der Waals surface area contributed by atoms with Crippen LogP contribution in [0.1, 0.15) is 9.67 Å². The first-order valence-corrected chi connectivity index (χ1v) is 6.96. The van der Waals surface area contributed by atoms with Crippen molar-refractivity contribution in [2.45, 2.75) is 6.54 Å². The number of nitrogens with one attached hydrogen (secondary N) is 1. The molecule has 20 heavy (non-hydrogen) atoms. The van der Waals surface area contributed by atoms with Gasteiger partial charge >= 0.3 is 0 Å². The molecule has 0 aliphatic carbocycles. The van der Waals surface area contributed by atoms with Gasteiger partial charge in [-0.25, -0.2) is 4.98 Å². The SMILES string of the molecule is Nc1c(C(=O)NCCn2cccn2)sc2ncccc12. The summed E-state index contributed by atoms with van der Waals surface area (Å²) in [6.07, 6.45) is 5.25. The summed E-state index contributed by atoms with van der Waals surface area (Å²) in [5.74, 6) is -0.169. The van der Waals surface area contributed by atoms with Crippen LogP contribution in [-0.4, -0.2) is 27.2 Å². The first-order chi connectivity index (χ1) is 9.75. The molecule has 6 nitrogen and oxygen atoms in total. The molecule has 3 heterocycles. The van der Waals surface area contributed by atoms with Crippen molar-refractivity contribution in [2.75, 3.05) is 12.3 Å². The number of fused-ring (bicyclic) bond motifs is 1. The van der Waals surface area contributed by atoms with Gasteiger partial charge in [-0.1, -0.05) is 0 Å². The molecule has 0 aromatic carbocycles. The predicted molar refractivity (Wildman–Crippen MR) is 78.6 cm³/mol. The largest absolute Gasteiger partial charge is 0.397 e. The maximum atomic E-state index is 12.1. The Morgan fingerprint density at radius 1 is 1.40 bits per heavy atom. The molecule has 3 aromatic heterocycles. The van der Waals surface area contributed by atoms with E-state index in [0.717, 1.165) is 10.2 Å². The van der Waals surface area contributed by atoms with Crippen LogP contribution in [0.25, 0.3) is 10.2 Å². The minimum Gasteiger partial charge on any atom is -0.397 e. The number of aromatic nitrogens is 3. The molecule has 3 N–H and O–H groups in total. The highest BCUT2D eigenvalue weighted by Gasteiger charge is 2.16. The Balaban J connectivity index is 1.71. The summed E-state index contributed by atoms with van der Waals surface area (Å²) in [6, 6.07) is 5.52. The summed E-state index contributed by atoms with van der Waals surface area (Å²) < 4.78 is 1.76. The van der Waals surface area contributed by atoms with Crippen LogP contribution in [0.3, 0.4) is 0 Å². The average Bonchev–Trinajstić information content (AvgIpc) is 3.08. The van der Waals surface area contributed by atoms with Gasteiger partial charge in [-0.05, 0) is 18.2 Å². The van der Waals surface area contributed by atoms with Crippen LogP contribution in [-0.2, 0) is 6.54 Å². The van der Waals surface area contributed by atoms with Crippen LogP contribution in [0, 0.1) is 0 Å². The summed E-state index contributed by atoms with van der Waals surface area (Å²) in [4.78, 5) is 17.6. The van der Waals surface area contributed by atoms with E-state index in [0.29, 0.717) is 23.7 Å². The molecule has 0 aliphatic heterocycles. The van der Waals surface area contributed by atoms with Crippen LogP contribution in [0.2, 0.25) is 0 Å². The molecule has 3 rings (SSSR count). The van der Waals surface area contributed by atoms with E-state index in [9.17, 15) is 4.79 Å². The van der Waals surface area contributed by atoms with Crippen molar-refractivity contribution in [3.63, 3.8) is 0 Å². The number of nitrogens with zero attached hydrogens (tertiary/aromatic N) is 3. The van der Waals surface area contributed by atoms with E-state index in [1.165, 1.54) is 11.3 Å². The van der Waals surface area contributed by atoms with Crippen molar-refractivity contribution in [1.82, 2.24) is 20.1 Å². The van der Waals surface area contributed by atoms with Gasteiger partial charge in [0.25, 0.3) is 5.91 Å². The molecular formula is C13H13N5OS. The van der Waals surface area contributed by atoms with Gasteiger partial charge in [0.15, 0.2) is 0 Å². The number of amides is 1. The molecule has 0 saturated carbocycles. The molecule has 0 aliphatic rings. The zero-order valence-corrected chi connectivity index (χ0v) is 11.4. The summed E-state index contributed by atoms with van der Waals surface area (Å²) in [5, 5.41) is 7.74. The van der Waals surface area contributed by atoms with Crippen molar-refractivity contribution >= 4 is 33.1 Å². The summed E-state index contributed by atoms with van der Waals surface area (Å²) in [6.45, 7) is 1.13. The molecule has 7 heteroatoms. The van der Waals surface area contributed by atoms with E-state index in [2.05, 4.69) is 15.4 Å². The summed E-state index contributed by atoms with van der Waals surface area (Å²) in [7, 11) is 0. The predicted octanol–water partition coefficient (Wildman–Crippen LogP) is 1.50. The zero-order valence-electron chi connectivity index (χ0n) is 10.6. The van der Waals surface area contributed by atoms with Crippen LogP contribution in [0.15, 0.2) is 36.8 Å². The maximum absolute atomic E-state index is 12.1. The number of carbonyl (C=O) groups is 1. The maximum Gasteiger partial charge on any atom is 0.263 e. The van der Waals surface area contributed by atoms with Gasteiger partial charge in [0.2, 0.25) is 0 Å². The third-order valence-corrected chi connectivity index (χ3v) is 4.02. The second-order valence-electron chi connectivity index (χ2n) is 4.23. The van der Waals surface area contributed by atoms with Crippen molar-refractivity contribution in [3.05, 3.63) is 41.7 Å². The van der Waals surface area contributed by atoms with Crippen molar-refractivity contribution in [1.29, 1.82) is 0 Å². The number of nitrogen functional groups attached to an aromatic ring is 1. The van der Waals surface area contributed by atoms with Gasteiger partial charge in [0, 0.05) is 30.5 Å². The Bertz CT molecular complexity index is 734. The van der Waals surface area contributed by atoms with Gasteiger partial charge in [0.1, 0.15) is 9.71 Å². The van der Waals surface area contributed by atoms with Crippen LogP contribution >= 0.6 is 11.3 Å². The lowest BCUT2D eigenvalue weighted by atomic mass is 10.2. The minimum absolute atomic E-state index is 0.169. The summed E-state index contributed by atoms with van der Waals surface area (Å²) >= 11 is 1.31. The number of hydrogen-bond donors (Lipinski definition) is 2. The second kappa shape index (κ2) is 5.30. The molecule has 0 saturated heterocycles. The van der Waals surface area contributed by atoms with E-state index in [1.54, 1.807) is 17.1 Å². The number of anilines is 1. The van der Waals surface area contributed by atoms with Crippen LogP contribution in [0.5, 0.6) is 0 Å². The first-order valence-electron chi connectivity index (χ1n) is 6.14. The number of carbonyl (C=O) groups excluding carboxylic acids is 1. The van der Waals surface area contributed by atoms with E-state index in [4.69, 9.17) is 5.73 Å². The second-order valence-corrected chi connectivity index (χ2v) is 5.23. The number of hydrogen-bond acceptors (Lipinski definition) is 5. The van der Waals surface area contributed by atoms with Gasteiger partial charge in [0.05, 0.1) is 12.2 Å². The first kappa shape index (κ1) is 12.6. The molecule has 0 bridgehead atoms. The Morgan fingerprint density at radius 3 is 3.05 bits per heavy atom. The van der Waals surface area contributed by atoms with E-state index >= 15 is 0 Å². The fraction of sp³-hybridized carbons (Fsp3) is 0.154. The Morgan fingerprint density at radius 2 is 2.30 bits per heavy atom. The van der Waals surface area contributed by atoms with Gasteiger partial charge < -0.3 is 11.1 Å². The molecule has 0 spiro atoms. The minimum atomic E-state index is -0.169. The molecular weight excluding hydrogens is 274 g/mol. The highest BCUT2D eigenvalue weighted by molar-refractivity contribution is 7.21. The Labute approximate surface area is 119 Å². The number of pyridine rings is 1. The van der Waals surface area contributed by atoms with E-state index in [1.807, 2.05) is 24.4 Å². The molecule has 102 valence electrons. The molecule has 3 aromatic rings. The monoisotopic (exact) mass is 287 g/mol. The lowest BCUT2D eigenvalue weighted by molar-refractivity contribution is 0.0957. The normalized spacial score (nSPS) is 10.8. The lowest BCUT2D eigenvalue weighted by Gasteiger charge is -2.04. The summed E-state index contributed by atoms with van der Waals surface area (Å²) in [5.41, 5.74) is 6.49. The molecule has 0 unspecified atom stereocenters. The fourth-order valence-electron chi connectivity index (χ4n) is 1.92. The Kier molecular flexibility index (Phi) is 3.34. The number of thiophene rings is 1. The standard InChI is InChI=1S/C13H13N5OS/c14-10-9-3-1-4-16-13(9)20-11(10)12(19)15-6-8-18-7-2-5-17-18/h1-5,7H,6,8,14H2,(H,15,19). The lowest BCUT2D eigenvalue weighted by Crippen LogP contribution is -2.27. The highest BCUT2D eigenvalue weighted by atomic mass is 32.1. The topological polar surface area (TPSA) is 85.8 Å². The molecule has 0 radical (unpaired) electrons. The molecule has 1 amide bonds. The third kappa shape index (κ3) is 2.35.